The first kappa shape index (κ1) is 4.89. The van der Waals surface area contributed by atoms with Crippen molar-refractivity contribution in [1.29, 1.82) is 0 Å². The number of rotatable bonds is 0. The van der Waals surface area contributed by atoms with E-state index in [9.17, 15) is 0 Å². The van der Waals surface area contributed by atoms with E-state index in [1.165, 1.54) is 0 Å². The molecule has 0 aromatic rings. The maximum Gasteiger partial charge on any atom is 0.0881 e. The maximum absolute atomic E-state index is 5.40. The summed E-state index contributed by atoms with van der Waals surface area (Å²) in [5, 5.41) is 0.463. The molecule has 0 aromatic heterocycles. The van der Waals surface area contributed by atoms with E-state index < -0.39 is 0 Å². The third-order valence-electron chi connectivity index (χ3n) is 1.70. The Kier molecular flexibility index (Phi) is 0.925. The summed E-state index contributed by atoms with van der Waals surface area (Å²) in [5.41, 5.74) is 0. The van der Waals surface area contributed by atoms with Crippen LogP contribution < -0.4 is 0 Å². The van der Waals surface area contributed by atoms with E-state index in [2.05, 4.69) is 24.8 Å². The van der Waals surface area contributed by atoms with Gasteiger partial charge in [0, 0.05) is 5.25 Å². The highest BCUT2D eigenvalue weighted by Gasteiger charge is 2.33. The third kappa shape index (κ3) is 0.531. The Morgan fingerprint density at radius 2 is 2.38 bits per heavy atom. The van der Waals surface area contributed by atoms with E-state index in [0.717, 1.165) is 6.42 Å². The van der Waals surface area contributed by atoms with Gasteiger partial charge in [0.15, 0.2) is 0 Å². The summed E-state index contributed by atoms with van der Waals surface area (Å²) in [6, 6.07) is 0. The molecule has 0 amide bonds. The second-order valence-electron chi connectivity index (χ2n) is 2.33. The Morgan fingerprint density at radius 1 is 1.50 bits per heavy atom. The van der Waals surface area contributed by atoms with Gasteiger partial charge in [-0.15, -0.1) is 0 Å². The van der Waals surface area contributed by atoms with E-state index in [-0.39, 0.29) is 0 Å². The molecule has 0 aromatic carbocycles. The SMILES string of the molecule is SC1CC2C=CC1O2. The molecule has 44 valence electrons. The molecule has 0 aliphatic carbocycles. The largest absolute Gasteiger partial charge is 0.366 e. The van der Waals surface area contributed by atoms with Gasteiger partial charge in [-0.1, -0.05) is 12.2 Å². The zero-order valence-corrected chi connectivity index (χ0v) is 5.34. The lowest BCUT2D eigenvalue weighted by molar-refractivity contribution is 0.122. The molecule has 2 aliphatic rings. The first-order valence-corrected chi connectivity index (χ1v) is 3.40. The molecule has 2 aliphatic heterocycles. The molecule has 0 saturated carbocycles. The number of hydrogen-bond donors (Lipinski definition) is 1. The summed E-state index contributed by atoms with van der Waals surface area (Å²) in [6.07, 6.45) is 6.04. The van der Waals surface area contributed by atoms with Gasteiger partial charge in [-0.05, 0) is 6.42 Å². The van der Waals surface area contributed by atoms with Gasteiger partial charge < -0.3 is 4.74 Å². The molecule has 3 unspecified atom stereocenters. The molecule has 2 rings (SSSR count). The first-order chi connectivity index (χ1) is 3.86. The monoisotopic (exact) mass is 128 g/mol. The van der Waals surface area contributed by atoms with Crippen LogP contribution in [-0.4, -0.2) is 17.5 Å². The normalized spacial score (nSPS) is 50.9. The van der Waals surface area contributed by atoms with Crippen molar-refractivity contribution in [2.45, 2.75) is 23.9 Å². The summed E-state index contributed by atoms with van der Waals surface area (Å²) in [5.74, 6) is 0. The van der Waals surface area contributed by atoms with Crippen molar-refractivity contribution in [2.75, 3.05) is 0 Å². The van der Waals surface area contributed by atoms with Gasteiger partial charge in [-0.25, -0.2) is 0 Å². The number of ether oxygens (including phenoxy) is 1. The average Bonchev–Trinajstić information content (AvgIpc) is 2.23. The van der Waals surface area contributed by atoms with Crippen LogP contribution in [0.4, 0.5) is 0 Å². The van der Waals surface area contributed by atoms with Crippen LogP contribution in [0.25, 0.3) is 0 Å². The van der Waals surface area contributed by atoms with Crippen LogP contribution in [0.2, 0.25) is 0 Å². The lowest BCUT2D eigenvalue weighted by Crippen LogP contribution is -2.11. The van der Waals surface area contributed by atoms with E-state index in [0.29, 0.717) is 17.5 Å². The van der Waals surface area contributed by atoms with Crippen LogP contribution in [0.5, 0.6) is 0 Å². The Labute approximate surface area is 54.1 Å². The van der Waals surface area contributed by atoms with Crippen LogP contribution in [0, 0.1) is 0 Å². The molecule has 1 saturated heterocycles. The van der Waals surface area contributed by atoms with Crippen molar-refractivity contribution in [3.05, 3.63) is 12.2 Å². The fourth-order valence-corrected chi connectivity index (χ4v) is 1.63. The Hall–Kier alpha value is 0.0500. The summed E-state index contributed by atoms with van der Waals surface area (Å²) in [6.45, 7) is 0. The van der Waals surface area contributed by atoms with Gasteiger partial charge >= 0.3 is 0 Å². The minimum absolute atomic E-state index is 0.323. The molecular formula is C6H8OS. The Balaban J connectivity index is 2.23. The third-order valence-corrected chi connectivity index (χ3v) is 2.21. The molecule has 1 fully saturated rings. The van der Waals surface area contributed by atoms with E-state index in [1.54, 1.807) is 0 Å². The van der Waals surface area contributed by atoms with E-state index in [1.807, 2.05) is 0 Å². The molecule has 2 bridgehead atoms. The summed E-state index contributed by atoms with van der Waals surface area (Å²) in [4.78, 5) is 0. The summed E-state index contributed by atoms with van der Waals surface area (Å²) < 4.78 is 5.40. The van der Waals surface area contributed by atoms with Crippen molar-refractivity contribution in [1.82, 2.24) is 0 Å². The molecule has 0 radical (unpaired) electrons. The van der Waals surface area contributed by atoms with Gasteiger partial charge in [0.05, 0.1) is 12.2 Å². The summed E-state index contributed by atoms with van der Waals surface area (Å²) in [7, 11) is 0. The zero-order valence-electron chi connectivity index (χ0n) is 4.45. The van der Waals surface area contributed by atoms with Crippen LogP contribution in [0.1, 0.15) is 6.42 Å². The molecule has 0 N–H and O–H groups in total. The smallest absolute Gasteiger partial charge is 0.0881 e. The highest BCUT2D eigenvalue weighted by molar-refractivity contribution is 7.81. The minimum atomic E-state index is 0.323. The van der Waals surface area contributed by atoms with Crippen molar-refractivity contribution in [3.63, 3.8) is 0 Å². The van der Waals surface area contributed by atoms with Gasteiger partial charge in [0.1, 0.15) is 0 Å². The molecule has 1 nitrogen and oxygen atoms in total. The maximum atomic E-state index is 5.40. The topological polar surface area (TPSA) is 9.23 Å². The lowest BCUT2D eigenvalue weighted by atomic mass is 10.1. The number of hydrogen-bond acceptors (Lipinski definition) is 2. The molecule has 8 heavy (non-hydrogen) atoms. The minimum Gasteiger partial charge on any atom is -0.366 e. The molecule has 0 spiro atoms. The molecule has 2 heteroatoms. The highest BCUT2D eigenvalue weighted by atomic mass is 32.1. The average molecular weight is 128 g/mol. The van der Waals surface area contributed by atoms with Gasteiger partial charge in [0.25, 0.3) is 0 Å². The molecule has 3 atom stereocenters. The Morgan fingerprint density at radius 3 is 2.62 bits per heavy atom. The van der Waals surface area contributed by atoms with Crippen molar-refractivity contribution >= 4 is 12.6 Å². The predicted octanol–water partition coefficient (Wildman–Crippen LogP) is 1.01. The second-order valence-corrected chi connectivity index (χ2v) is 2.99. The quantitative estimate of drug-likeness (QED) is 0.378. The van der Waals surface area contributed by atoms with Crippen LogP contribution in [0.15, 0.2) is 12.2 Å². The van der Waals surface area contributed by atoms with E-state index in [4.69, 9.17) is 4.74 Å². The first-order valence-electron chi connectivity index (χ1n) is 2.88. The fraction of sp³-hybridized carbons (Fsp3) is 0.667. The highest BCUT2D eigenvalue weighted by Crippen LogP contribution is 2.31. The van der Waals surface area contributed by atoms with Crippen LogP contribution >= 0.6 is 12.6 Å². The Bertz CT molecular complexity index is 132. The van der Waals surface area contributed by atoms with Gasteiger partial charge in [-0.2, -0.15) is 12.6 Å². The zero-order chi connectivity index (χ0) is 5.56. The lowest BCUT2D eigenvalue weighted by Gasteiger charge is -2.05. The number of fused-ring (bicyclic) bond motifs is 2. The standard InChI is InChI=1S/C6H8OS/c8-6-3-4-1-2-5(6)7-4/h1-2,4-6,8H,3H2. The van der Waals surface area contributed by atoms with Gasteiger partial charge in [0.2, 0.25) is 0 Å². The van der Waals surface area contributed by atoms with Crippen molar-refractivity contribution in [2.24, 2.45) is 0 Å². The molecular weight excluding hydrogens is 120 g/mol. The van der Waals surface area contributed by atoms with E-state index >= 15 is 0 Å². The predicted molar refractivity (Wildman–Crippen MR) is 35.2 cm³/mol. The molecule has 2 heterocycles. The number of thiol groups is 1. The summed E-state index contributed by atoms with van der Waals surface area (Å²) >= 11 is 4.32. The van der Waals surface area contributed by atoms with Crippen molar-refractivity contribution < 1.29 is 4.74 Å². The van der Waals surface area contributed by atoms with Crippen LogP contribution in [0.3, 0.4) is 0 Å². The van der Waals surface area contributed by atoms with Gasteiger partial charge in [-0.3, -0.25) is 0 Å². The van der Waals surface area contributed by atoms with Crippen molar-refractivity contribution in [3.8, 4) is 0 Å². The van der Waals surface area contributed by atoms with Crippen LogP contribution in [-0.2, 0) is 4.74 Å². The second kappa shape index (κ2) is 1.52. The fourth-order valence-electron chi connectivity index (χ4n) is 1.25.